The summed E-state index contributed by atoms with van der Waals surface area (Å²) in [6.45, 7) is 9.78. The second-order valence-electron chi connectivity index (χ2n) is 6.28. The van der Waals surface area contributed by atoms with Gasteiger partial charge >= 0.3 is 6.03 Å². The quantitative estimate of drug-likeness (QED) is 0.863. The number of likely N-dealkylation sites (N-methyl/N-ethyl adjacent to an activating group) is 1. The molecule has 1 fully saturated rings. The van der Waals surface area contributed by atoms with Crippen molar-refractivity contribution in [2.24, 2.45) is 0 Å². The van der Waals surface area contributed by atoms with Crippen molar-refractivity contribution >= 4 is 11.8 Å². The second kappa shape index (κ2) is 5.44. The first-order valence-electron chi connectivity index (χ1n) is 6.95. The number of aliphatic hydroxyl groups excluding tert-OH is 1. The number of rotatable bonds is 3. The second-order valence-corrected chi connectivity index (χ2v) is 6.28. The summed E-state index contributed by atoms with van der Waals surface area (Å²) in [5.74, 6) is 0.422. The van der Waals surface area contributed by atoms with Crippen LogP contribution in [0.15, 0.2) is 25.0 Å². The molecule has 1 saturated heterocycles. The number of aromatic nitrogens is 2. The minimum atomic E-state index is -0.941. The minimum Gasteiger partial charge on any atom is -0.371 e. The number of hydrogen-bond donors (Lipinski definition) is 1. The van der Waals surface area contributed by atoms with E-state index >= 15 is 0 Å². The Morgan fingerprint density at radius 3 is 2.67 bits per heavy atom. The van der Waals surface area contributed by atoms with Gasteiger partial charge in [0.1, 0.15) is 12.1 Å². The molecule has 6 nitrogen and oxygen atoms in total. The lowest BCUT2D eigenvalue weighted by Crippen LogP contribution is -2.37. The number of urea groups is 1. The van der Waals surface area contributed by atoms with Crippen molar-refractivity contribution in [3.05, 3.63) is 30.7 Å². The Morgan fingerprint density at radius 1 is 1.43 bits per heavy atom. The Hall–Kier alpha value is -1.95. The van der Waals surface area contributed by atoms with E-state index in [4.69, 9.17) is 0 Å². The van der Waals surface area contributed by atoms with E-state index in [0.717, 1.165) is 5.69 Å². The standard InChI is InChI=1S/C15H22N4O2/c1-6-7-10-13(20)19(14(21)18(10)5)12-8-11(15(2,3)4)16-9-17-12/h6,8-10,13,20H,1,7H2,2-5H3. The van der Waals surface area contributed by atoms with E-state index in [9.17, 15) is 9.90 Å². The number of hydrogen-bond acceptors (Lipinski definition) is 4. The predicted molar refractivity (Wildman–Crippen MR) is 81.0 cm³/mol. The molecule has 1 aliphatic heterocycles. The van der Waals surface area contributed by atoms with E-state index in [-0.39, 0.29) is 17.5 Å². The van der Waals surface area contributed by atoms with Crippen molar-refractivity contribution in [3.63, 3.8) is 0 Å². The molecule has 1 aliphatic rings. The van der Waals surface area contributed by atoms with Crippen molar-refractivity contribution in [3.8, 4) is 0 Å². The summed E-state index contributed by atoms with van der Waals surface area (Å²) in [7, 11) is 1.67. The van der Waals surface area contributed by atoms with Gasteiger partial charge in [0.05, 0.1) is 11.7 Å². The number of anilines is 1. The lowest BCUT2D eigenvalue weighted by atomic mass is 9.92. The van der Waals surface area contributed by atoms with Crippen LogP contribution in [0.1, 0.15) is 32.9 Å². The molecule has 0 saturated carbocycles. The third kappa shape index (κ3) is 2.76. The van der Waals surface area contributed by atoms with E-state index in [1.165, 1.54) is 16.1 Å². The van der Waals surface area contributed by atoms with E-state index in [2.05, 4.69) is 16.5 Å². The molecule has 1 aromatic heterocycles. The lowest BCUT2D eigenvalue weighted by Gasteiger charge is -2.23. The van der Waals surface area contributed by atoms with Crippen LogP contribution in [0.5, 0.6) is 0 Å². The molecule has 0 aromatic carbocycles. The average molecular weight is 290 g/mol. The molecular formula is C15H22N4O2. The van der Waals surface area contributed by atoms with Crippen LogP contribution in [-0.4, -0.2) is 45.3 Å². The zero-order valence-corrected chi connectivity index (χ0v) is 12.9. The van der Waals surface area contributed by atoms with Gasteiger partial charge in [-0.2, -0.15) is 0 Å². The van der Waals surface area contributed by atoms with Crippen LogP contribution in [-0.2, 0) is 5.41 Å². The van der Waals surface area contributed by atoms with Crippen LogP contribution < -0.4 is 4.90 Å². The molecule has 6 heteroatoms. The van der Waals surface area contributed by atoms with Gasteiger partial charge in [-0.1, -0.05) is 26.8 Å². The molecule has 114 valence electrons. The Bertz CT molecular complexity index is 553. The topological polar surface area (TPSA) is 69.6 Å². The van der Waals surface area contributed by atoms with Gasteiger partial charge in [0.25, 0.3) is 0 Å². The van der Waals surface area contributed by atoms with E-state index in [1.54, 1.807) is 19.2 Å². The van der Waals surface area contributed by atoms with Crippen LogP contribution in [0, 0.1) is 0 Å². The predicted octanol–water partition coefficient (Wildman–Crippen LogP) is 1.91. The van der Waals surface area contributed by atoms with E-state index in [1.807, 2.05) is 20.8 Å². The Balaban J connectivity index is 2.38. The summed E-state index contributed by atoms with van der Waals surface area (Å²) in [5.41, 5.74) is 0.667. The summed E-state index contributed by atoms with van der Waals surface area (Å²) < 4.78 is 0. The number of carbonyl (C=O) groups is 1. The molecule has 2 atom stereocenters. The Labute approximate surface area is 125 Å². The molecule has 2 amide bonds. The first-order valence-corrected chi connectivity index (χ1v) is 6.95. The Morgan fingerprint density at radius 2 is 2.10 bits per heavy atom. The first-order chi connectivity index (χ1) is 9.77. The third-order valence-corrected chi connectivity index (χ3v) is 3.69. The van der Waals surface area contributed by atoms with Gasteiger partial charge in [0.2, 0.25) is 0 Å². The van der Waals surface area contributed by atoms with E-state index in [0.29, 0.717) is 12.2 Å². The molecule has 2 rings (SSSR count). The van der Waals surface area contributed by atoms with Crippen LogP contribution >= 0.6 is 0 Å². The highest BCUT2D eigenvalue weighted by molar-refractivity contribution is 5.94. The molecular weight excluding hydrogens is 268 g/mol. The molecule has 2 unspecified atom stereocenters. The highest BCUT2D eigenvalue weighted by Crippen LogP contribution is 2.29. The minimum absolute atomic E-state index is 0.155. The molecule has 0 bridgehead atoms. The molecule has 0 radical (unpaired) electrons. The van der Waals surface area contributed by atoms with Crippen molar-refractivity contribution in [2.75, 3.05) is 11.9 Å². The van der Waals surface area contributed by atoms with Crippen molar-refractivity contribution in [1.82, 2.24) is 14.9 Å². The average Bonchev–Trinajstić information content (AvgIpc) is 2.62. The van der Waals surface area contributed by atoms with Crippen LogP contribution in [0.25, 0.3) is 0 Å². The molecule has 1 aromatic rings. The summed E-state index contributed by atoms with van der Waals surface area (Å²) in [5, 5.41) is 10.4. The number of amides is 2. The zero-order chi connectivity index (χ0) is 15.8. The highest BCUT2D eigenvalue weighted by Gasteiger charge is 2.43. The normalized spacial score (nSPS) is 22.8. The van der Waals surface area contributed by atoms with Gasteiger partial charge in [0, 0.05) is 18.5 Å². The van der Waals surface area contributed by atoms with Gasteiger partial charge < -0.3 is 10.0 Å². The molecule has 21 heavy (non-hydrogen) atoms. The van der Waals surface area contributed by atoms with Crippen LogP contribution in [0.2, 0.25) is 0 Å². The van der Waals surface area contributed by atoms with Gasteiger partial charge in [-0.05, 0) is 6.42 Å². The van der Waals surface area contributed by atoms with Crippen molar-refractivity contribution in [1.29, 1.82) is 0 Å². The monoisotopic (exact) mass is 290 g/mol. The number of aliphatic hydroxyl groups is 1. The number of carbonyl (C=O) groups excluding carboxylic acids is 1. The van der Waals surface area contributed by atoms with Crippen molar-refractivity contribution in [2.45, 2.75) is 44.9 Å². The third-order valence-electron chi connectivity index (χ3n) is 3.69. The van der Waals surface area contributed by atoms with Crippen LogP contribution in [0.3, 0.4) is 0 Å². The molecule has 1 N–H and O–H groups in total. The summed E-state index contributed by atoms with van der Waals surface area (Å²) in [4.78, 5) is 23.6. The zero-order valence-electron chi connectivity index (χ0n) is 12.9. The molecule has 2 heterocycles. The maximum atomic E-state index is 12.4. The highest BCUT2D eigenvalue weighted by atomic mass is 16.3. The summed E-state index contributed by atoms with van der Waals surface area (Å²) in [6.07, 6.45) is 2.71. The van der Waals surface area contributed by atoms with Gasteiger partial charge in [-0.15, -0.1) is 6.58 Å². The van der Waals surface area contributed by atoms with Gasteiger partial charge in [0.15, 0.2) is 6.23 Å². The van der Waals surface area contributed by atoms with Crippen molar-refractivity contribution < 1.29 is 9.90 Å². The summed E-state index contributed by atoms with van der Waals surface area (Å²) >= 11 is 0. The maximum Gasteiger partial charge on any atom is 0.328 e. The first kappa shape index (κ1) is 15.4. The fourth-order valence-corrected chi connectivity index (χ4v) is 2.37. The molecule has 0 aliphatic carbocycles. The van der Waals surface area contributed by atoms with Crippen LogP contribution in [0.4, 0.5) is 10.6 Å². The SMILES string of the molecule is C=CCC1C(O)N(c2cc(C(C)(C)C)ncn2)C(=O)N1C. The van der Waals surface area contributed by atoms with Gasteiger partial charge in [-0.25, -0.2) is 19.7 Å². The summed E-state index contributed by atoms with van der Waals surface area (Å²) in [6, 6.07) is 1.17. The fraction of sp³-hybridized carbons (Fsp3) is 0.533. The maximum absolute atomic E-state index is 12.4. The Kier molecular flexibility index (Phi) is 4.00. The number of nitrogens with zero attached hydrogens (tertiary/aromatic N) is 4. The van der Waals surface area contributed by atoms with E-state index < -0.39 is 6.23 Å². The molecule has 0 spiro atoms. The van der Waals surface area contributed by atoms with Gasteiger partial charge in [-0.3, -0.25) is 0 Å². The fourth-order valence-electron chi connectivity index (χ4n) is 2.37. The largest absolute Gasteiger partial charge is 0.371 e. The smallest absolute Gasteiger partial charge is 0.328 e. The lowest BCUT2D eigenvalue weighted by molar-refractivity contribution is 0.130.